The summed E-state index contributed by atoms with van der Waals surface area (Å²) in [5.74, 6) is 0.929. The molecule has 1 amide bonds. The molecule has 3 saturated carbocycles. The van der Waals surface area contributed by atoms with E-state index in [0.717, 1.165) is 36.8 Å². The van der Waals surface area contributed by atoms with Crippen molar-refractivity contribution in [2.75, 3.05) is 0 Å². The summed E-state index contributed by atoms with van der Waals surface area (Å²) in [7, 11) is 0. The number of hydrogen-bond donors (Lipinski definition) is 2. The molecule has 6 unspecified atom stereocenters. The topological polar surface area (TPSA) is 66.4 Å². The highest BCUT2D eigenvalue weighted by Crippen LogP contribution is 2.70. The van der Waals surface area contributed by atoms with Gasteiger partial charge in [-0.1, -0.05) is 52.3 Å². The Kier molecular flexibility index (Phi) is 5.41. The van der Waals surface area contributed by atoms with Gasteiger partial charge in [-0.2, -0.15) is 0 Å². The van der Waals surface area contributed by atoms with Crippen LogP contribution in [-0.4, -0.2) is 22.3 Å². The van der Waals surface area contributed by atoms with Gasteiger partial charge in [-0.3, -0.25) is 9.59 Å². The van der Waals surface area contributed by atoms with E-state index in [2.05, 4.69) is 45.2 Å². The van der Waals surface area contributed by atoms with E-state index in [4.69, 9.17) is 0 Å². The van der Waals surface area contributed by atoms with Crippen LogP contribution in [0.15, 0.2) is 46.3 Å². The van der Waals surface area contributed by atoms with E-state index in [-0.39, 0.29) is 39.7 Å². The number of ketones is 1. The lowest BCUT2D eigenvalue weighted by atomic mass is 9.40. The monoisotopic (exact) mass is 477 g/mol. The van der Waals surface area contributed by atoms with Crippen molar-refractivity contribution in [1.82, 2.24) is 5.32 Å². The average Bonchev–Trinajstić information content (AvgIpc) is 2.78. The molecule has 0 saturated heterocycles. The number of aliphatic hydroxyl groups is 1. The van der Waals surface area contributed by atoms with Crippen molar-refractivity contribution in [3.63, 3.8) is 0 Å². The number of hydrogen-bond acceptors (Lipinski definition) is 3. The van der Waals surface area contributed by atoms with Gasteiger partial charge in [0.1, 0.15) is 0 Å². The Hall–Kier alpha value is -2.10. The fraction of sp³-hybridized carbons (Fsp3) is 0.677. The highest BCUT2D eigenvalue weighted by atomic mass is 16.3. The van der Waals surface area contributed by atoms with Crippen LogP contribution in [0, 0.1) is 34.0 Å². The smallest absolute Gasteiger partial charge is 0.222 e. The molecule has 4 nitrogen and oxygen atoms in total. The van der Waals surface area contributed by atoms with Crippen molar-refractivity contribution in [3.8, 4) is 0 Å². The van der Waals surface area contributed by atoms with Gasteiger partial charge in [0.05, 0.1) is 0 Å². The SMILES string of the molecule is CC1=C(O)C(=O)C=C2C1=CC=C1C2(C)CCC2C3CC(C)(NC(=O)C(C)C)CCC3(C)CCC12C. The molecular formula is C31H43NO3. The molecule has 0 spiro atoms. The molecular weight excluding hydrogens is 434 g/mol. The highest BCUT2D eigenvalue weighted by molar-refractivity contribution is 6.06. The third kappa shape index (κ3) is 3.45. The Balaban J connectivity index is 1.53. The van der Waals surface area contributed by atoms with Gasteiger partial charge in [0, 0.05) is 22.4 Å². The highest BCUT2D eigenvalue weighted by Gasteiger charge is 2.61. The molecule has 0 aliphatic heterocycles. The maximum atomic E-state index is 12.7. The number of allylic oxidation sites excluding steroid dienone is 7. The Bertz CT molecular complexity index is 1120. The average molecular weight is 478 g/mol. The minimum absolute atomic E-state index is 0.00365. The number of aliphatic hydroxyl groups excluding tert-OH is 1. The predicted molar refractivity (Wildman–Crippen MR) is 140 cm³/mol. The maximum Gasteiger partial charge on any atom is 0.222 e. The van der Waals surface area contributed by atoms with Gasteiger partial charge in [0.25, 0.3) is 0 Å². The number of carbonyl (C=O) groups excluding carboxylic acids is 2. The van der Waals surface area contributed by atoms with E-state index in [9.17, 15) is 14.7 Å². The lowest BCUT2D eigenvalue weighted by Gasteiger charge is -2.65. The molecule has 35 heavy (non-hydrogen) atoms. The van der Waals surface area contributed by atoms with E-state index >= 15 is 0 Å². The summed E-state index contributed by atoms with van der Waals surface area (Å²) in [5, 5.41) is 13.7. The van der Waals surface area contributed by atoms with Crippen LogP contribution in [0.5, 0.6) is 0 Å². The second-order valence-corrected chi connectivity index (χ2v) is 13.6. The molecule has 0 bridgehead atoms. The fourth-order valence-corrected chi connectivity index (χ4v) is 8.60. The van der Waals surface area contributed by atoms with Crippen molar-refractivity contribution in [2.24, 2.45) is 34.0 Å². The third-order valence-corrected chi connectivity index (χ3v) is 11.0. The van der Waals surface area contributed by atoms with Gasteiger partial charge in [-0.25, -0.2) is 0 Å². The zero-order valence-corrected chi connectivity index (χ0v) is 22.7. The molecule has 0 heterocycles. The van der Waals surface area contributed by atoms with E-state index < -0.39 is 0 Å². The molecule has 5 aliphatic rings. The number of amides is 1. The quantitative estimate of drug-likeness (QED) is 0.462. The van der Waals surface area contributed by atoms with Crippen molar-refractivity contribution >= 4 is 11.7 Å². The zero-order chi connectivity index (χ0) is 25.6. The first-order valence-corrected chi connectivity index (χ1v) is 13.7. The van der Waals surface area contributed by atoms with Crippen LogP contribution in [0.4, 0.5) is 0 Å². The zero-order valence-electron chi connectivity index (χ0n) is 22.7. The van der Waals surface area contributed by atoms with Gasteiger partial charge in [0.2, 0.25) is 11.7 Å². The summed E-state index contributed by atoms with van der Waals surface area (Å²) >= 11 is 0. The summed E-state index contributed by atoms with van der Waals surface area (Å²) in [4.78, 5) is 25.3. The van der Waals surface area contributed by atoms with Crippen LogP contribution in [0.2, 0.25) is 0 Å². The maximum absolute atomic E-state index is 12.7. The number of fused-ring (bicyclic) bond motifs is 7. The van der Waals surface area contributed by atoms with Crippen molar-refractivity contribution in [3.05, 3.63) is 46.3 Å². The first-order chi connectivity index (χ1) is 16.2. The summed E-state index contributed by atoms with van der Waals surface area (Å²) in [6.07, 6.45) is 14.0. The van der Waals surface area contributed by atoms with Gasteiger partial charge >= 0.3 is 0 Å². The molecule has 2 N–H and O–H groups in total. The molecule has 0 aromatic heterocycles. The van der Waals surface area contributed by atoms with Gasteiger partial charge in [-0.15, -0.1) is 0 Å². The molecule has 0 aromatic carbocycles. The van der Waals surface area contributed by atoms with Crippen LogP contribution < -0.4 is 5.32 Å². The van der Waals surface area contributed by atoms with Gasteiger partial charge in [0.15, 0.2) is 5.76 Å². The molecule has 4 heteroatoms. The predicted octanol–water partition coefficient (Wildman–Crippen LogP) is 6.75. The summed E-state index contributed by atoms with van der Waals surface area (Å²) in [6.45, 7) is 15.4. The van der Waals surface area contributed by atoms with Crippen molar-refractivity contribution < 1.29 is 14.7 Å². The summed E-state index contributed by atoms with van der Waals surface area (Å²) < 4.78 is 0. The van der Waals surface area contributed by atoms with E-state index in [1.54, 1.807) is 6.08 Å². The van der Waals surface area contributed by atoms with Crippen LogP contribution in [0.3, 0.4) is 0 Å². The van der Waals surface area contributed by atoms with Gasteiger partial charge in [-0.05, 0) is 98.7 Å². The van der Waals surface area contributed by atoms with Crippen LogP contribution in [-0.2, 0) is 9.59 Å². The molecule has 3 fully saturated rings. The lowest BCUT2D eigenvalue weighted by molar-refractivity contribution is -0.130. The molecule has 0 aromatic rings. The number of nitrogens with one attached hydrogen (secondary N) is 1. The Morgan fingerprint density at radius 2 is 1.71 bits per heavy atom. The third-order valence-electron chi connectivity index (χ3n) is 11.0. The Morgan fingerprint density at radius 3 is 2.40 bits per heavy atom. The lowest BCUT2D eigenvalue weighted by Crippen LogP contribution is -2.60. The normalized spacial score (nSPS) is 42.7. The van der Waals surface area contributed by atoms with Crippen LogP contribution in [0.25, 0.3) is 0 Å². The molecule has 5 rings (SSSR count). The van der Waals surface area contributed by atoms with E-state index in [0.29, 0.717) is 22.8 Å². The first kappa shape index (κ1) is 24.6. The van der Waals surface area contributed by atoms with E-state index in [1.807, 2.05) is 20.8 Å². The largest absolute Gasteiger partial charge is 0.504 e. The second kappa shape index (κ2) is 7.70. The van der Waals surface area contributed by atoms with Gasteiger partial charge < -0.3 is 10.4 Å². The van der Waals surface area contributed by atoms with Crippen LogP contribution >= 0.6 is 0 Å². The van der Waals surface area contributed by atoms with Crippen LogP contribution in [0.1, 0.15) is 93.4 Å². The number of rotatable bonds is 2. The standard InChI is InChI=1S/C31H43NO3/c1-18(2)27(35)32-29(5)14-12-28(4)13-15-31(7)21(23(28)17-29)10-11-30(6)22-16-24(33)26(34)19(3)20(22)8-9-25(30)31/h8-9,16,18,21,23,34H,10-15,17H2,1-7H3,(H,32,35). The second-order valence-electron chi connectivity index (χ2n) is 13.6. The fourth-order valence-electron chi connectivity index (χ4n) is 8.60. The molecule has 0 radical (unpaired) electrons. The minimum atomic E-state index is -0.260. The summed E-state index contributed by atoms with van der Waals surface area (Å²) in [5.41, 5.74) is 4.37. The van der Waals surface area contributed by atoms with E-state index in [1.165, 1.54) is 24.8 Å². The van der Waals surface area contributed by atoms with Crippen molar-refractivity contribution in [2.45, 2.75) is 99.0 Å². The molecule has 5 aliphatic carbocycles. The Labute approximate surface area is 211 Å². The molecule has 6 atom stereocenters. The minimum Gasteiger partial charge on any atom is -0.504 e. The first-order valence-electron chi connectivity index (χ1n) is 13.7. The number of carbonyl (C=O) groups is 2. The van der Waals surface area contributed by atoms with Crippen molar-refractivity contribution in [1.29, 1.82) is 0 Å². The molecule has 190 valence electrons. The summed E-state index contributed by atoms with van der Waals surface area (Å²) in [6, 6.07) is 0. The Morgan fingerprint density at radius 1 is 1.03 bits per heavy atom.